The molecule has 0 saturated carbocycles. The lowest BCUT2D eigenvalue weighted by atomic mass is 10.0. The molecule has 1 amide bonds. The number of amides is 1. The van der Waals surface area contributed by atoms with E-state index < -0.39 is 0 Å². The van der Waals surface area contributed by atoms with Gasteiger partial charge < -0.3 is 10.6 Å². The Bertz CT molecular complexity index is 703. The summed E-state index contributed by atoms with van der Waals surface area (Å²) in [7, 11) is 0. The van der Waals surface area contributed by atoms with E-state index in [0.717, 1.165) is 30.6 Å². The molecule has 3 rings (SSSR count). The summed E-state index contributed by atoms with van der Waals surface area (Å²) >= 11 is 3.30. The number of aryl methyl sites for hydroxylation is 1. The van der Waals surface area contributed by atoms with Crippen LogP contribution in [0.15, 0.2) is 40.9 Å². The van der Waals surface area contributed by atoms with Crippen molar-refractivity contribution in [2.24, 2.45) is 0 Å². The number of carbonyl (C=O) groups is 1. The molecule has 5 heteroatoms. The van der Waals surface area contributed by atoms with Crippen molar-refractivity contribution in [3.8, 4) is 0 Å². The van der Waals surface area contributed by atoms with E-state index in [1.807, 2.05) is 12.1 Å². The van der Waals surface area contributed by atoms with Gasteiger partial charge in [-0.3, -0.25) is 4.79 Å². The maximum atomic E-state index is 13.2. The SMILES string of the molecule is O=C(Nc1cc(F)ccc1Br)c1ccc2c(c1)CCCN2. The summed E-state index contributed by atoms with van der Waals surface area (Å²) in [5.41, 5.74) is 3.24. The van der Waals surface area contributed by atoms with Crippen LogP contribution < -0.4 is 10.6 Å². The summed E-state index contributed by atoms with van der Waals surface area (Å²) in [6.07, 6.45) is 2.03. The van der Waals surface area contributed by atoms with E-state index in [4.69, 9.17) is 0 Å². The van der Waals surface area contributed by atoms with E-state index in [2.05, 4.69) is 26.6 Å². The fraction of sp³-hybridized carbons (Fsp3) is 0.188. The molecule has 0 radical (unpaired) electrons. The largest absolute Gasteiger partial charge is 0.385 e. The highest BCUT2D eigenvalue weighted by Crippen LogP contribution is 2.26. The van der Waals surface area contributed by atoms with Gasteiger partial charge in [0.1, 0.15) is 5.82 Å². The lowest BCUT2D eigenvalue weighted by molar-refractivity contribution is 0.102. The van der Waals surface area contributed by atoms with Crippen molar-refractivity contribution in [2.45, 2.75) is 12.8 Å². The van der Waals surface area contributed by atoms with Gasteiger partial charge in [0.25, 0.3) is 5.91 Å². The van der Waals surface area contributed by atoms with E-state index in [1.165, 1.54) is 12.1 Å². The normalized spacial score (nSPS) is 13.2. The van der Waals surface area contributed by atoms with E-state index in [-0.39, 0.29) is 11.7 Å². The number of hydrogen-bond acceptors (Lipinski definition) is 2. The van der Waals surface area contributed by atoms with Crippen LogP contribution in [0.1, 0.15) is 22.3 Å². The van der Waals surface area contributed by atoms with Gasteiger partial charge in [-0.25, -0.2) is 4.39 Å². The standard InChI is InChI=1S/C16H14BrFN2O/c17-13-5-4-12(18)9-15(13)20-16(21)11-3-6-14-10(8-11)2-1-7-19-14/h3-6,8-9,19H,1-2,7H2,(H,20,21). The Morgan fingerprint density at radius 2 is 2.10 bits per heavy atom. The molecule has 1 heterocycles. The Kier molecular flexibility index (Phi) is 3.92. The molecular formula is C16H14BrFN2O. The first kappa shape index (κ1) is 14.1. The van der Waals surface area contributed by atoms with Crippen molar-refractivity contribution in [3.05, 3.63) is 57.8 Å². The van der Waals surface area contributed by atoms with Crippen LogP contribution in [-0.4, -0.2) is 12.5 Å². The summed E-state index contributed by atoms with van der Waals surface area (Å²) < 4.78 is 13.9. The monoisotopic (exact) mass is 348 g/mol. The first-order valence-electron chi connectivity index (χ1n) is 6.77. The number of halogens is 2. The van der Waals surface area contributed by atoms with Crippen LogP contribution in [0.3, 0.4) is 0 Å². The van der Waals surface area contributed by atoms with Crippen molar-refractivity contribution in [1.82, 2.24) is 0 Å². The van der Waals surface area contributed by atoms with Crippen molar-refractivity contribution < 1.29 is 9.18 Å². The van der Waals surface area contributed by atoms with Crippen LogP contribution in [0.2, 0.25) is 0 Å². The van der Waals surface area contributed by atoms with Crippen molar-refractivity contribution in [1.29, 1.82) is 0 Å². The Morgan fingerprint density at radius 1 is 1.24 bits per heavy atom. The van der Waals surface area contributed by atoms with Gasteiger partial charge in [0.05, 0.1) is 5.69 Å². The molecule has 0 unspecified atom stereocenters. The molecule has 0 atom stereocenters. The van der Waals surface area contributed by atoms with Gasteiger partial charge in [-0.1, -0.05) is 0 Å². The van der Waals surface area contributed by atoms with Gasteiger partial charge in [0, 0.05) is 22.3 Å². The second-order valence-corrected chi connectivity index (χ2v) is 5.83. The molecule has 0 aliphatic carbocycles. The average Bonchev–Trinajstić information content (AvgIpc) is 2.50. The first-order valence-corrected chi connectivity index (χ1v) is 7.56. The third-order valence-electron chi connectivity index (χ3n) is 3.48. The van der Waals surface area contributed by atoms with Gasteiger partial charge >= 0.3 is 0 Å². The number of benzene rings is 2. The number of anilines is 2. The number of nitrogens with one attached hydrogen (secondary N) is 2. The van der Waals surface area contributed by atoms with Gasteiger partial charge in [-0.2, -0.15) is 0 Å². The fourth-order valence-electron chi connectivity index (χ4n) is 2.40. The second kappa shape index (κ2) is 5.85. The lowest BCUT2D eigenvalue weighted by Gasteiger charge is -2.18. The smallest absolute Gasteiger partial charge is 0.255 e. The van der Waals surface area contributed by atoms with Gasteiger partial charge in [0.2, 0.25) is 0 Å². The maximum absolute atomic E-state index is 13.2. The minimum absolute atomic E-state index is 0.241. The van der Waals surface area contributed by atoms with Crippen molar-refractivity contribution >= 4 is 33.2 Å². The first-order chi connectivity index (χ1) is 10.1. The molecule has 0 spiro atoms. The lowest BCUT2D eigenvalue weighted by Crippen LogP contribution is -2.16. The summed E-state index contributed by atoms with van der Waals surface area (Å²) in [5, 5.41) is 6.03. The molecule has 2 N–H and O–H groups in total. The molecule has 21 heavy (non-hydrogen) atoms. The minimum atomic E-state index is -0.386. The number of rotatable bonds is 2. The summed E-state index contributed by atoms with van der Waals surface area (Å²) in [5.74, 6) is -0.627. The van der Waals surface area contributed by atoms with Crippen LogP contribution in [0.4, 0.5) is 15.8 Å². The molecule has 0 saturated heterocycles. The van der Waals surface area contributed by atoms with E-state index in [1.54, 1.807) is 12.1 Å². The van der Waals surface area contributed by atoms with E-state index in [9.17, 15) is 9.18 Å². The predicted molar refractivity (Wildman–Crippen MR) is 85.3 cm³/mol. The third-order valence-corrected chi connectivity index (χ3v) is 4.17. The van der Waals surface area contributed by atoms with Crippen LogP contribution >= 0.6 is 15.9 Å². The summed E-state index contributed by atoms with van der Waals surface area (Å²) in [4.78, 5) is 12.3. The van der Waals surface area contributed by atoms with Crippen molar-refractivity contribution in [3.63, 3.8) is 0 Å². The number of hydrogen-bond donors (Lipinski definition) is 2. The van der Waals surface area contributed by atoms with Crippen LogP contribution in [0.5, 0.6) is 0 Å². The van der Waals surface area contributed by atoms with Gasteiger partial charge in [-0.15, -0.1) is 0 Å². The zero-order chi connectivity index (χ0) is 14.8. The molecule has 3 nitrogen and oxygen atoms in total. The summed E-state index contributed by atoms with van der Waals surface area (Å²) in [6.45, 7) is 0.967. The molecular weight excluding hydrogens is 335 g/mol. The Hall–Kier alpha value is -1.88. The molecule has 0 bridgehead atoms. The Morgan fingerprint density at radius 3 is 2.95 bits per heavy atom. The zero-order valence-corrected chi connectivity index (χ0v) is 12.8. The highest BCUT2D eigenvalue weighted by atomic mass is 79.9. The van der Waals surface area contributed by atoms with Gasteiger partial charge in [0.15, 0.2) is 0 Å². The highest BCUT2D eigenvalue weighted by Gasteiger charge is 2.13. The van der Waals surface area contributed by atoms with Crippen molar-refractivity contribution in [2.75, 3.05) is 17.2 Å². The van der Waals surface area contributed by atoms with Crippen LogP contribution in [-0.2, 0) is 6.42 Å². The van der Waals surface area contributed by atoms with E-state index in [0.29, 0.717) is 15.7 Å². The maximum Gasteiger partial charge on any atom is 0.255 e. The zero-order valence-electron chi connectivity index (χ0n) is 11.2. The molecule has 2 aromatic rings. The molecule has 0 fully saturated rings. The molecule has 1 aliphatic heterocycles. The topological polar surface area (TPSA) is 41.1 Å². The number of carbonyl (C=O) groups excluding carboxylic acids is 1. The Labute approximate surface area is 130 Å². The fourth-order valence-corrected chi connectivity index (χ4v) is 2.75. The summed E-state index contributed by atoms with van der Waals surface area (Å²) in [6, 6.07) is 9.79. The molecule has 1 aliphatic rings. The Balaban J connectivity index is 1.83. The van der Waals surface area contributed by atoms with Crippen LogP contribution in [0, 0.1) is 5.82 Å². The van der Waals surface area contributed by atoms with E-state index >= 15 is 0 Å². The third kappa shape index (κ3) is 3.08. The second-order valence-electron chi connectivity index (χ2n) is 4.98. The quantitative estimate of drug-likeness (QED) is 0.853. The number of fused-ring (bicyclic) bond motifs is 1. The minimum Gasteiger partial charge on any atom is -0.385 e. The molecule has 0 aromatic heterocycles. The predicted octanol–water partition coefficient (Wildman–Crippen LogP) is 4.20. The average molecular weight is 349 g/mol. The molecule has 2 aromatic carbocycles. The highest BCUT2D eigenvalue weighted by molar-refractivity contribution is 9.10. The van der Waals surface area contributed by atoms with Crippen LogP contribution in [0.25, 0.3) is 0 Å². The van der Waals surface area contributed by atoms with Gasteiger partial charge in [-0.05, 0) is 70.7 Å². The molecule has 108 valence electrons.